The van der Waals surface area contributed by atoms with E-state index in [4.69, 9.17) is 19.8 Å². The van der Waals surface area contributed by atoms with Crippen molar-refractivity contribution in [2.24, 2.45) is 5.92 Å². The quantitative estimate of drug-likeness (QED) is 0.325. The molecule has 0 amide bonds. The topological polar surface area (TPSA) is 12.5 Å². The molecule has 1 fully saturated rings. The summed E-state index contributed by atoms with van der Waals surface area (Å²) in [5.41, 5.74) is 1.01. The van der Waals surface area contributed by atoms with Crippen LogP contribution in [0.5, 0.6) is 5.75 Å². The van der Waals surface area contributed by atoms with Crippen LogP contribution in [0.4, 0.5) is 5.69 Å². The number of para-hydroxylation sites is 2. The zero-order chi connectivity index (χ0) is 17.2. The van der Waals surface area contributed by atoms with E-state index in [2.05, 4.69) is 30.2 Å². The summed E-state index contributed by atoms with van der Waals surface area (Å²) in [6, 6.07) is 8.07. The molecule has 0 unspecified atom stereocenters. The van der Waals surface area contributed by atoms with Gasteiger partial charge in [0.1, 0.15) is 0 Å². The van der Waals surface area contributed by atoms with Crippen molar-refractivity contribution < 1.29 is 19.8 Å². The zero-order valence-corrected chi connectivity index (χ0v) is 15.7. The van der Waals surface area contributed by atoms with Crippen molar-refractivity contribution in [3.8, 4) is 5.75 Å². The van der Waals surface area contributed by atoms with Crippen molar-refractivity contribution in [1.82, 2.24) is 0 Å². The minimum atomic E-state index is 0.559. The third-order valence-corrected chi connectivity index (χ3v) is 4.99. The fraction of sp³-hybridized carbons (Fsp3) is 0.524. The number of anilines is 1. The van der Waals surface area contributed by atoms with Gasteiger partial charge >= 0.3 is 155 Å². The average Bonchev–Trinajstić information content (AvgIpc) is 2.63. The predicted molar refractivity (Wildman–Crippen MR) is 98.7 cm³/mol. The Morgan fingerprint density at radius 2 is 2.04 bits per heavy atom. The summed E-state index contributed by atoms with van der Waals surface area (Å²) in [5.74, 6) is 1.41. The summed E-state index contributed by atoms with van der Waals surface area (Å²) < 4.78 is 6.51. The second-order valence-electron chi connectivity index (χ2n) is 6.32. The van der Waals surface area contributed by atoms with Crippen LogP contribution in [0.15, 0.2) is 30.5 Å². The molecule has 1 aromatic carbocycles. The van der Waals surface area contributed by atoms with Crippen molar-refractivity contribution >= 4 is 10.3 Å². The maximum absolute atomic E-state index is 5.54. The Balaban J connectivity index is 2.16. The summed E-state index contributed by atoms with van der Waals surface area (Å²) in [5, 5.41) is 0. The molecule has 1 aliphatic rings. The summed E-state index contributed by atoms with van der Waals surface area (Å²) in [7, 11) is 1.71. The van der Waals surface area contributed by atoms with Crippen LogP contribution in [0.2, 0.25) is 0 Å². The number of ether oxygens (including phenoxy) is 1. The first-order valence-electron chi connectivity index (χ1n) is 9.05. The van der Waals surface area contributed by atoms with Crippen molar-refractivity contribution in [3.05, 3.63) is 43.5 Å². The van der Waals surface area contributed by atoms with Crippen molar-refractivity contribution in [3.63, 3.8) is 0 Å². The number of unbranched alkanes of at least 4 members (excludes halogenated alkanes) is 2. The molecule has 0 aliphatic heterocycles. The van der Waals surface area contributed by atoms with Crippen LogP contribution in [0.3, 0.4) is 0 Å². The minimum absolute atomic E-state index is 0.559. The molecule has 0 bridgehead atoms. The van der Waals surface area contributed by atoms with Crippen LogP contribution in [0.25, 0.3) is 0 Å². The molecule has 2 nitrogen and oxygen atoms in total. The molecule has 3 heteroatoms. The van der Waals surface area contributed by atoms with Crippen LogP contribution in [-0.2, 0) is 15.0 Å². The van der Waals surface area contributed by atoms with Gasteiger partial charge in [0.25, 0.3) is 0 Å². The van der Waals surface area contributed by atoms with Gasteiger partial charge in [-0.3, -0.25) is 0 Å². The van der Waals surface area contributed by atoms with E-state index in [1.165, 1.54) is 32.1 Å². The molecular weight excluding hydrogens is 341 g/mol. The van der Waals surface area contributed by atoms with E-state index in [-0.39, 0.29) is 0 Å². The van der Waals surface area contributed by atoms with Crippen molar-refractivity contribution in [2.75, 3.05) is 12.0 Å². The van der Waals surface area contributed by atoms with Gasteiger partial charge in [-0.25, -0.2) is 0 Å². The van der Waals surface area contributed by atoms with Crippen LogP contribution in [0.1, 0.15) is 57.8 Å². The summed E-state index contributed by atoms with van der Waals surface area (Å²) in [6.07, 6.45) is 16.2. The van der Waals surface area contributed by atoms with Gasteiger partial charge < -0.3 is 0 Å². The van der Waals surface area contributed by atoms with E-state index >= 15 is 0 Å². The summed E-state index contributed by atoms with van der Waals surface area (Å²) in [4.78, 5) is 2.11. The second-order valence-corrected chi connectivity index (χ2v) is 6.89. The Hall–Kier alpha value is -1.08. The number of benzene rings is 1. The van der Waals surface area contributed by atoms with Gasteiger partial charge in [-0.05, 0) is 0 Å². The Kier molecular flexibility index (Phi) is 8.60. The molecule has 0 aromatic heterocycles. The van der Waals surface area contributed by atoms with E-state index in [1.54, 1.807) is 7.11 Å². The third-order valence-electron chi connectivity index (χ3n) is 4.50. The fourth-order valence-electron chi connectivity index (χ4n) is 3.09. The first-order chi connectivity index (χ1) is 11.8. The van der Waals surface area contributed by atoms with Crippen molar-refractivity contribution in [2.45, 2.75) is 57.8 Å². The first-order valence-corrected chi connectivity index (χ1v) is 9.54. The molecule has 0 N–H and O–H groups in total. The molecule has 0 heterocycles. The number of hydrogen-bond acceptors (Lipinski definition) is 2. The summed E-state index contributed by atoms with van der Waals surface area (Å²) in [6.45, 7) is 3.92. The molecule has 1 aliphatic carbocycles. The average molecular weight is 370 g/mol. The van der Waals surface area contributed by atoms with Gasteiger partial charge in [-0.15, -0.1) is 0 Å². The normalized spacial score (nSPS) is 15.7. The Bertz CT molecular complexity index is 534. The first kappa shape index (κ1) is 19.3. The molecule has 0 radical (unpaired) electrons. The number of allylic oxidation sites excluding steroid dienone is 1. The SMILES string of the molecule is [CH2-]CCCC[C](=[Ni])N(C=[C-]C1CCCCC1)c1ccccc1OC. The second kappa shape index (κ2) is 10.7. The Morgan fingerprint density at radius 3 is 2.75 bits per heavy atom. The van der Waals surface area contributed by atoms with Gasteiger partial charge in [0, 0.05) is 0 Å². The molecule has 136 valence electrons. The molecule has 24 heavy (non-hydrogen) atoms. The van der Waals surface area contributed by atoms with E-state index in [0.717, 1.165) is 41.7 Å². The molecule has 0 saturated heterocycles. The number of methoxy groups -OCH3 is 1. The van der Waals surface area contributed by atoms with E-state index in [9.17, 15) is 0 Å². The standard InChI is InChI=1S/C21H29NO.Ni/c1-3-4-5-11-17-22(18-16-19-12-7-6-8-13-19)20-14-9-10-15-21(20)23-2;/h9-10,14-15,18-19H,1,3-8,11-13H2,2H3;/q-2;. The Morgan fingerprint density at radius 1 is 1.29 bits per heavy atom. The third kappa shape index (κ3) is 5.77. The van der Waals surface area contributed by atoms with Crippen LogP contribution in [0, 0.1) is 18.9 Å². The van der Waals surface area contributed by atoms with Gasteiger partial charge in [0.15, 0.2) is 0 Å². The Labute approximate surface area is 155 Å². The predicted octanol–water partition coefficient (Wildman–Crippen LogP) is 5.47. The van der Waals surface area contributed by atoms with Gasteiger partial charge in [-0.1, -0.05) is 0 Å². The number of nitrogens with zero attached hydrogens (tertiary/aromatic N) is 1. The van der Waals surface area contributed by atoms with Gasteiger partial charge in [0.2, 0.25) is 0 Å². The van der Waals surface area contributed by atoms with Crippen LogP contribution in [-0.4, -0.2) is 11.7 Å². The molecule has 1 aromatic rings. The fourth-order valence-corrected chi connectivity index (χ4v) is 3.45. The van der Waals surface area contributed by atoms with Crippen LogP contribution < -0.4 is 9.64 Å². The van der Waals surface area contributed by atoms with E-state index in [0.29, 0.717) is 5.92 Å². The number of rotatable bonds is 9. The van der Waals surface area contributed by atoms with E-state index < -0.39 is 0 Å². The zero-order valence-electron chi connectivity index (χ0n) is 14.7. The van der Waals surface area contributed by atoms with Crippen LogP contribution >= 0.6 is 0 Å². The monoisotopic (exact) mass is 369 g/mol. The molecule has 1 saturated carbocycles. The molecule has 0 atom stereocenters. The van der Waals surface area contributed by atoms with Gasteiger partial charge in [0.05, 0.1) is 0 Å². The van der Waals surface area contributed by atoms with E-state index in [1.807, 2.05) is 18.2 Å². The maximum atomic E-state index is 5.54. The van der Waals surface area contributed by atoms with Crippen molar-refractivity contribution in [1.29, 1.82) is 0 Å². The molecule has 0 spiro atoms. The number of hydrogen-bond donors (Lipinski definition) is 0. The molecular formula is C21H29NNiO-2. The summed E-state index contributed by atoms with van der Waals surface area (Å²) >= 11 is 5.37. The van der Waals surface area contributed by atoms with Gasteiger partial charge in [-0.2, -0.15) is 0 Å². The molecule has 2 rings (SSSR count).